The molecule has 22 heavy (non-hydrogen) atoms. The first-order valence-electron chi connectivity index (χ1n) is 5.37. The number of benzene rings is 1. The van der Waals surface area contributed by atoms with Gasteiger partial charge in [0.1, 0.15) is 0 Å². The lowest BCUT2D eigenvalue weighted by atomic mass is 10.3. The van der Waals surface area contributed by atoms with Crippen molar-refractivity contribution in [2.75, 3.05) is 12.4 Å². The molecule has 1 aromatic rings. The van der Waals surface area contributed by atoms with Gasteiger partial charge in [0.15, 0.2) is 0 Å². The fraction of sp³-hybridized carbons (Fsp3) is 0.364. The Bertz CT molecular complexity index is 530. The van der Waals surface area contributed by atoms with E-state index in [1.54, 1.807) is 0 Å². The molecule has 1 amide bonds. The number of alkyl halides is 7. The first kappa shape index (κ1) is 18.4. The predicted molar refractivity (Wildman–Crippen MR) is 64.3 cm³/mol. The average Bonchev–Trinajstić information content (AvgIpc) is 2.39. The van der Waals surface area contributed by atoms with Crippen LogP contribution < -0.4 is 5.32 Å². The lowest BCUT2D eigenvalue weighted by molar-refractivity contribution is -0.330. The molecule has 0 aromatic heterocycles. The zero-order valence-corrected chi connectivity index (χ0v) is 11.5. The van der Waals surface area contributed by atoms with E-state index >= 15 is 0 Å². The van der Waals surface area contributed by atoms with E-state index < -0.39 is 40.1 Å². The highest BCUT2D eigenvalue weighted by Crippen LogP contribution is 2.53. The van der Waals surface area contributed by atoms with Gasteiger partial charge in [0.05, 0.1) is 7.11 Å². The van der Waals surface area contributed by atoms with E-state index in [4.69, 9.17) is 0 Å². The number of carbonyl (C=O) groups excluding carboxylic acids is 1. The smallest absolute Gasteiger partial charge is 0.453 e. The Hall–Kier alpha value is -1.65. The van der Waals surface area contributed by atoms with Gasteiger partial charge < -0.3 is 4.74 Å². The van der Waals surface area contributed by atoms with Crippen LogP contribution in [0.3, 0.4) is 0 Å². The van der Waals surface area contributed by atoms with E-state index in [0.717, 1.165) is 31.4 Å². The van der Waals surface area contributed by atoms with Crippen molar-refractivity contribution >= 4 is 23.5 Å². The highest BCUT2D eigenvalue weighted by atomic mass is 32.2. The lowest BCUT2D eigenvalue weighted by Crippen LogP contribution is -2.49. The second-order valence-corrected chi connectivity index (χ2v) is 5.02. The first-order chi connectivity index (χ1) is 9.90. The molecule has 1 N–H and O–H groups in total. The Morgan fingerprint density at radius 3 is 1.95 bits per heavy atom. The maximum absolute atomic E-state index is 13.2. The van der Waals surface area contributed by atoms with Crippen molar-refractivity contribution in [2.24, 2.45) is 0 Å². The van der Waals surface area contributed by atoms with E-state index in [-0.39, 0.29) is 5.69 Å². The van der Waals surface area contributed by atoms with E-state index in [1.807, 2.05) is 0 Å². The first-order valence-corrected chi connectivity index (χ1v) is 6.19. The monoisotopic (exact) mass is 351 g/mol. The molecular formula is C11H8F7NO2S. The standard InChI is InChI=1S/C11H8F7NO2S/c1-21-8(20)19-6-2-4-7(5-3-6)22-11(17,18)9(12,13)10(14,15)16/h2-5H,1H3,(H,19,20). The van der Waals surface area contributed by atoms with Gasteiger partial charge in [0.2, 0.25) is 0 Å². The second-order valence-electron chi connectivity index (χ2n) is 3.83. The summed E-state index contributed by atoms with van der Waals surface area (Å²) in [5.41, 5.74) is 0.0853. The summed E-state index contributed by atoms with van der Waals surface area (Å²) in [4.78, 5) is 10.3. The van der Waals surface area contributed by atoms with Crippen molar-refractivity contribution in [3.05, 3.63) is 24.3 Å². The van der Waals surface area contributed by atoms with Crippen LogP contribution in [0, 0.1) is 0 Å². The number of carbonyl (C=O) groups is 1. The maximum atomic E-state index is 13.2. The lowest BCUT2D eigenvalue weighted by Gasteiger charge is -2.27. The van der Waals surface area contributed by atoms with E-state index in [2.05, 4.69) is 10.1 Å². The van der Waals surface area contributed by atoms with E-state index in [0.29, 0.717) is 0 Å². The normalized spacial score (nSPS) is 12.9. The topological polar surface area (TPSA) is 38.3 Å². The highest BCUT2D eigenvalue weighted by Gasteiger charge is 2.73. The number of rotatable bonds is 4. The predicted octanol–water partition coefficient (Wildman–Crippen LogP) is 4.75. The zero-order valence-electron chi connectivity index (χ0n) is 10.7. The van der Waals surface area contributed by atoms with Gasteiger partial charge in [-0.25, -0.2) is 4.79 Å². The Morgan fingerprint density at radius 2 is 1.55 bits per heavy atom. The molecule has 0 heterocycles. The van der Waals surface area contributed by atoms with Crippen LogP contribution in [-0.2, 0) is 4.74 Å². The number of nitrogens with one attached hydrogen (secondary N) is 1. The SMILES string of the molecule is COC(=O)Nc1ccc(SC(F)(F)C(F)(F)C(F)(F)F)cc1. The Balaban J connectivity index is 2.88. The van der Waals surface area contributed by atoms with E-state index in [1.165, 1.54) is 0 Å². The van der Waals surface area contributed by atoms with Crippen molar-refractivity contribution in [3.63, 3.8) is 0 Å². The van der Waals surface area contributed by atoms with Gasteiger partial charge in [-0.2, -0.15) is 30.7 Å². The molecule has 124 valence electrons. The molecule has 0 aliphatic rings. The molecular weight excluding hydrogens is 343 g/mol. The summed E-state index contributed by atoms with van der Waals surface area (Å²) in [7, 11) is 1.07. The molecule has 1 aromatic carbocycles. The van der Waals surface area contributed by atoms with E-state index in [9.17, 15) is 35.5 Å². The number of hydrogen-bond acceptors (Lipinski definition) is 3. The zero-order chi connectivity index (χ0) is 17.2. The fourth-order valence-corrected chi connectivity index (χ4v) is 1.96. The van der Waals surface area contributed by atoms with Crippen LogP contribution in [0.2, 0.25) is 0 Å². The summed E-state index contributed by atoms with van der Waals surface area (Å²) in [6, 6.07) is 3.80. The van der Waals surface area contributed by atoms with Crippen LogP contribution in [0.25, 0.3) is 0 Å². The molecule has 0 aliphatic carbocycles. The van der Waals surface area contributed by atoms with Crippen molar-refractivity contribution < 1.29 is 40.3 Å². The minimum Gasteiger partial charge on any atom is -0.453 e. The molecule has 3 nitrogen and oxygen atoms in total. The largest absolute Gasteiger partial charge is 0.460 e. The molecule has 0 bridgehead atoms. The van der Waals surface area contributed by atoms with Crippen LogP contribution in [0.1, 0.15) is 0 Å². The Labute approximate surface area is 123 Å². The third-order valence-electron chi connectivity index (χ3n) is 2.25. The molecule has 1 rings (SSSR count). The van der Waals surface area contributed by atoms with Crippen LogP contribution >= 0.6 is 11.8 Å². The summed E-state index contributed by atoms with van der Waals surface area (Å²) in [6.07, 6.45) is -7.25. The third kappa shape index (κ3) is 3.96. The van der Waals surface area contributed by atoms with Gasteiger partial charge in [-0.15, -0.1) is 0 Å². The van der Waals surface area contributed by atoms with Crippen LogP contribution in [0.5, 0.6) is 0 Å². The Morgan fingerprint density at radius 1 is 1.05 bits per heavy atom. The van der Waals surface area contributed by atoms with Gasteiger partial charge in [0, 0.05) is 10.6 Å². The number of ether oxygens (including phenoxy) is 1. The van der Waals surface area contributed by atoms with Crippen molar-refractivity contribution in [1.82, 2.24) is 0 Å². The molecule has 0 saturated carbocycles. The maximum Gasteiger partial charge on any atom is 0.460 e. The molecule has 0 fully saturated rings. The molecule has 0 spiro atoms. The van der Waals surface area contributed by atoms with Gasteiger partial charge in [-0.1, -0.05) is 0 Å². The summed E-state index contributed by atoms with van der Waals surface area (Å²) >= 11 is -0.934. The highest BCUT2D eigenvalue weighted by molar-refractivity contribution is 8.00. The molecule has 11 heteroatoms. The summed E-state index contributed by atoms with van der Waals surface area (Å²) < 4.78 is 91.9. The van der Waals surface area contributed by atoms with Crippen molar-refractivity contribution in [3.8, 4) is 0 Å². The van der Waals surface area contributed by atoms with Crippen LogP contribution in [0.4, 0.5) is 41.2 Å². The number of halogens is 7. The van der Waals surface area contributed by atoms with Gasteiger partial charge in [0.25, 0.3) is 0 Å². The summed E-state index contributed by atoms with van der Waals surface area (Å²) in [5.74, 6) is -6.19. The minimum absolute atomic E-state index is 0.0853. The molecule has 0 atom stereocenters. The minimum atomic E-state index is -6.38. The molecule has 0 radical (unpaired) electrons. The number of thioether (sulfide) groups is 1. The number of amides is 1. The number of hydrogen-bond donors (Lipinski definition) is 1. The number of methoxy groups -OCH3 is 1. The molecule has 0 aliphatic heterocycles. The van der Waals surface area contributed by atoms with Crippen molar-refractivity contribution in [2.45, 2.75) is 22.2 Å². The molecule has 0 unspecified atom stereocenters. The summed E-state index contributed by atoms with van der Waals surface area (Å²) in [5, 5.41) is -3.24. The Kier molecular flexibility index (Phi) is 5.21. The third-order valence-corrected chi connectivity index (χ3v) is 3.27. The van der Waals surface area contributed by atoms with Crippen molar-refractivity contribution in [1.29, 1.82) is 0 Å². The van der Waals surface area contributed by atoms with Gasteiger partial charge in [-0.3, -0.25) is 5.32 Å². The van der Waals surface area contributed by atoms with Gasteiger partial charge in [-0.05, 0) is 36.0 Å². The molecule has 0 saturated heterocycles. The fourth-order valence-electron chi connectivity index (χ4n) is 1.15. The number of anilines is 1. The van der Waals surface area contributed by atoms with Gasteiger partial charge >= 0.3 is 23.4 Å². The van der Waals surface area contributed by atoms with Crippen LogP contribution in [0.15, 0.2) is 29.2 Å². The second kappa shape index (κ2) is 6.23. The van der Waals surface area contributed by atoms with Crippen LogP contribution in [-0.4, -0.2) is 30.6 Å². The summed E-state index contributed by atoms with van der Waals surface area (Å²) in [6.45, 7) is 0. The average molecular weight is 351 g/mol. The quantitative estimate of drug-likeness (QED) is 0.629.